The van der Waals surface area contributed by atoms with Gasteiger partial charge in [0.15, 0.2) is 28.3 Å². The Kier molecular flexibility index (Phi) is 18.2. The zero-order valence-electron chi connectivity index (χ0n) is 40.9. The maximum Gasteiger partial charge on any atom is 0.288 e. The second-order valence-electron chi connectivity index (χ2n) is 18.7. The van der Waals surface area contributed by atoms with Crippen molar-refractivity contribution in [1.29, 1.82) is 0 Å². The highest BCUT2D eigenvalue weighted by atomic mass is 28.4. The van der Waals surface area contributed by atoms with Crippen LogP contribution in [0.5, 0.6) is 0 Å². The number of carbonyl (C=O) groups is 1. The molecule has 3 heterocycles. The van der Waals surface area contributed by atoms with Crippen molar-refractivity contribution in [3.05, 3.63) is 114 Å². The molecule has 2 aliphatic heterocycles. The maximum atomic E-state index is 12.3. The Morgan fingerprint density at radius 2 is 1.32 bits per heavy atom. The number of ether oxygens (including phenoxy) is 3. The fourth-order valence-corrected chi connectivity index (χ4v) is 20.5. The average Bonchev–Trinajstić information content (AvgIpc) is 3.78. The summed E-state index contributed by atoms with van der Waals surface area (Å²) < 4.78 is 48.6. The van der Waals surface area contributed by atoms with E-state index in [-0.39, 0.29) is 48.8 Å². The number of hydrogen-bond acceptors (Lipinski definition) is 9. The molecule has 1 aromatic heterocycles. The minimum Gasteiger partial charge on any atom is -0.448 e. The lowest BCUT2D eigenvalue weighted by molar-refractivity contribution is -0.269. The quantitative estimate of drug-likeness (QED) is 0.0409. The SMILES string of the molecule is CC[Si](CC)(CC)OC[C@H]1C[C@@H](OC)C[C@](Cc2nc(/C=C(\C)[C@@H]3O[C@H](CC=O)[C@H](C)[C@H](O[Si](c4ccccc4)(c4ccccc4)c4ccccc4)[C@H]3C)co2)(O[Si](CC)(CC)CC)O1. The van der Waals surface area contributed by atoms with Crippen molar-refractivity contribution in [2.45, 2.75) is 161 Å². The van der Waals surface area contributed by atoms with Gasteiger partial charge in [0.1, 0.15) is 18.2 Å². The third-order valence-electron chi connectivity index (χ3n) is 15.0. The van der Waals surface area contributed by atoms with Crippen LogP contribution in [-0.2, 0) is 38.7 Å². The fourth-order valence-electron chi connectivity index (χ4n) is 10.7. The van der Waals surface area contributed by atoms with E-state index in [0.29, 0.717) is 31.0 Å². The van der Waals surface area contributed by atoms with Crippen LogP contribution in [-0.4, -0.2) is 86.2 Å². The Hall–Kier alpha value is -3.31. The van der Waals surface area contributed by atoms with E-state index in [1.807, 2.05) is 0 Å². The number of aldehydes is 1. The van der Waals surface area contributed by atoms with Gasteiger partial charge >= 0.3 is 0 Å². The number of methoxy groups -OCH3 is 1. The van der Waals surface area contributed by atoms with Gasteiger partial charge in [0, 0.05) is 38.2 Å². The summed E-state index contributed by atoms with van der Waals surface area (Å²) in [5.74, 6) is -0.539. The van der Waals surface area contributed by atoms with E-state index in [1.165, 1.54) is 15.6 Å². The first kappa shape index (κ1) is 51.1. The summed E-state index contributed by atoms with van der Waals surface area (Å²) in [5.41, 5.74) is 1.68. The van der Waals surface area contributed by atoms with Gasteiger partial charge in [0.2, 0.25) is 0 Å². The van der Waals surface area contributed by atoms with Gasteiger partial charge < -0.3 is 36.7 Å². The van der Waals surface area contributed by atoms with Crippen LogP contribution in [0.1, 0.15) is 93.2 Å². The lowest BCUT2D eigenvalue weighted by Crippen LogP contribution is -2.72. The minimum atomic E-state index is -3.10. The summed E-state index contributed by atoms with van der Waals surface area (Å²) in [6, 6.07) is 38.2. The first-order valence-corrected chi connectivity index (χ1v) is 31.5. The van der Waals surface area contributed by atoms with Crippen LogP contribution >= 0.6 is 0 Å². The molecule has 4 aromatic rings. The van der Waals surface area contributed by atoms with Crippen LogP contribution in [0.15, 0.2) is 107 Å². The van der Waals surface area contributed by atoms with Crippen molar-refractivity contribution >= 4 is 52.9 Å². The molecule has 0 aliphatic carbocycles. The van der Waals surface area contributed by atoms with Crippen molar-refractivity contribution in [2.24, 2.45) is 11.8 Å². The Bertz CT molecular complexity index is 1960. The van der Waals surface area contributed by atoms with Gasteiger partial charge in [-0.3, -0.25) is 0 Å². The topological polar surface area (TPSA) is 98.5 Å². The maximum absolute atomic E-state index is 12.3. The highest BCUT2D eigenvalue weighted by Crippen LogP contribution is 2.41. The number of carbonyl (C=O) groups excluding carboxylic acids is 1. The van der Waals surface area contributed by atoms with Crippen LogP contribution in [0.2, 0.25) is 36.3 Å². The molecule has 354 valence electrons. The standard InChI is InChI=1S/C53H77NO8Si3/c1-11-63(12-2,13-3)58-39-45-35-44(56-10)36-53(60-45,62-64(14-4,15-5)16-6)37-50-54-43(38-57-50)34-40(7)51-42(9)52(41(8)49(59-51)32-33-55)61-65(46-26-20-17-21-27-46,47-28-22-18-23-29-47)48-30-24-19-25-31-48/h17-31,33-34,38,41-42,44-45,49,51-52H,11-16,32,35-37,39H2,1-10H3/b40-34+/t41-,42-,44+,45+,49+,51-,52-,53+/m0/s1. The molecule has 0 saturated carbocycles. The number of benzene rings is 3. The molecule has 2 saturated heterocycles. The third-order valence-corrected chi connectivity index (χ3v) is 28.4. The summed E-state index contributed by atoms with van der Waals surface area (Å²) >= 11 is 0. The van der Waals surface area contributed by atoms with E-state index in [0.717, 1.165) is 54.5 Å². The summed E-state index contributed by atoms with van der Waals surface area (Å²) in [6.07, 6.45) is 5.58. The lowest BCUT2D eigenvalue weighted by Gasteiger charge is -2.48. The molecule has 0 radical (unpaired) electrons. The lowest BCUT2D eigenvalue weighted by atomic mass is 9.80. The van der Waals surface area contributed by atoms with Gasteiger partial charge in [-0.05, 0) is 70.4 Å². The summed E-state index contributed by atoms with van der Waals surface area (Å²) in [4.78, 5) is 17.4. The Morgan fingerprint density at radius 3 is 1.82 bits per heavy atom. The van der Waals surface area contributed by atoms with E-state index >= 15 is 0 Å². The van der Waals surface area contributed by atoms with Crippen molar-refractivity contribution in [3.63, 3.8) is 0 Å². The minimum absolute atomic E-state index is 0.0542. The molecular formula is C53H77NO8Si3. The van der Waals surface area contributed by atoms with Gasteiger partial charge in [-0.25, -0.2) is 4.98 Å². The molecular weight excluding hydrogens is 863 g/mol. The highest BCUT2D eigenvalue weighted by molar-refractivity contribution is 7.07. The van der Waals surface area contributed by atoms with Gasteiger partial charge in [-0.15, -0.1) is 0 Å². The molecule has 0 N–H and O–H groups in total. The first-order chi connectivity index (χ1) is 31.4. The molecule has 65 heavy (non-hydrogen) atoms. The Labute approximate surface area is 393 Å². The van der Waals surface area contributed by atoms with Crippen molar-refractivity contribution in [3.8, 4) is 0 Å². The summed E-state index contributed by atoms with van der Waals surface area (Å²) in [6.45, 7) is 20.6. The number of hydrogen-bond donors (Lipinski definition) is 0. The first-order valence-electron chi connectivity index (χ1n) is 24.5. The number of nitrogens with zero attached hydrogens (tertiary/aromatic N) is 1. The van der Waals surface area contributed by atoms with Gasteiger partial charge in [0.25, 0.3) is 8.32 Å². The second kappa shape index (κ2) is 23.1. The summed E-state index contributed by atoms with van der Waals surface area (Å²) in [7, 11) is -5.34. The van der Waals surface area contributed by atoms with Crippen LogP contribution in [0, 0.1) is 11.8 Å². The zero-order valence-corrected chi connectivity index (χ0v) is 43.9. The second-order valence-corrected chi connectivity index (χ2v) is 31.5. The Morgan fingerprint density at radius 1 is 0.785 bits per heavy atom. The van der Waals surface area contributed by atoms with Crippen molar-refractivity contribution in [2.75, 3.05) is 13.7 Å². The monoisotopic (exact) mass is 939 g/mol. The smallest absolute Gasteiger partial charge is 0.288 e. The van der Waals surface area contributed by atoms with E-state index in [1.54, 1.807) is 13.4 Å². The molecule has 0 bridgehead atoms. The fraction of sp³-hybridized carbons (Fsp3) is 0.547. The molecule has 2 fully saturated rings. The average molecular weight is 940 g/mol. The zero-order chi connectivity index (χ0) is 46.7. The largest absolute Gasteiger partial charge is 0.448 e. The molecule has 12 heteroatoms. The van der Waals surface area contributed by atoms with Crippen LogP contribution in [0.4, 0.5) is 0 Å². The van der Waals surface area contributed by atoms with Crippen molar-refractivity contribution < 1.29 is 36.7 Å². The molecule has 3 aromatic carbocycles. The molecule has 2 aliphatic rings. The predicted octanol–water partition coefficient (Wildman–Crippen LogP) is 10.2. The highest BCUT2D eigenvalue weighted by Gasteiger charge is 2.52. The molecule has 0 spiro atoms. The van der Waals surface area contributed by atoms with Crippen LogP contribution in [0.25, 0.3) is 6.08 Å². The van der Waals surface area contributed by atoms with Crippen molar-refractivity contribution in [1.82, 2.24) is 4.98 Å². The van der Waals surface area contributed by atoms with E-state index in [9.17, 15) is 4.79 Å². The van der Waals surface area contributed by atoms with Crippen LogP contribution in [0.3, 0.4) is 0 Å². The molecule has 9 nitrogen and oxygen atoms in total. The number of oxazole rings is 1. The number of aromatic nitrogens is 1. The van der Waals surface area contributed by atoms with Gasteiger partial charge in [-0.1, -0.05) is 146 Å². The van der Waals surface area contributed by atoms with E-state index in [2.05, 4.69) is 159 Å². The number of rotatable bonds is 23. The molecule has 0 unspecified atom stereocenters. The Balaban J connectivity index is 1.33. The van der Waals surface area contributed by atoms with E-state index < -0.39 is 30.7 Å². The molecule has 8 atom stereocenters. The van der Waals surface area contributed by atoms with Crippen LogP contribution < -0.4 is 15.6 Å². The molecule has 0 amide bonds. The van der Waals surface area contributed by atoms with Gasteiger partial charge in [0.05, 0.1) is 43.5 Å². The normalized spacial score (nSPS) is 25.7. The summed E-state index contributed by atoms with van der Waals surface area (Å²) in [5, 5.41) is 3.51. The van der Waals surface area contributed by atoms with E-state index in [4.69, 9.17) is 36.9 Å². The predicted molar refractivity (Wildman–Crippen MR) is 269 cm³/mol. The van der Waals surface area contributed by atoms with Gasteiger partial charge in [-0.2, -0.15) is 0 Å². The molecule has 6 rings (SSSR count). The third kappa shape index (κ3) is 11.5.